The largest absolute Gasteiger partial charge is 0.343 e. The molecule has 82 valence electrons. The third-order valence-corrected chi connectivity index (χ3v) is 3.67. The zero-order chi connectivity index (χ0) is 10.3. The van der Waals surface area contributed by atoms with Gasteiger partial charge in [0.2, 0.25) is 0 Å². The molecular formula is C12H22O2. The lowest BCUT2D eigenvalue weighted by Crippen LogP contribution is -2.43. The van der Waals surface area contributed by atoms with Crippen molar-refractivity contribution in [2.45, 2.75) is 65.0 Å². The lowest BCUT2D eigenvalue weighted by Gasteiger charge is -2.36. The topological polar surface area (TPSA) is 18.5 Å². The minimum Gasteiger partial charge on any atom is -0.343 e. The fourth-order valence-corrected chi connectivity index (χ4v) is 2.87. The summed E-state index contributed by atoms with van der Waals surface area (Å²) in [5.41, 5.74) is 0. The summed E-state index contributed by atoms with van der Waals surface area (Å²) in [6, 6.07) is 0. The molecule has 1 aliphatic carbocycles. The molecule has 2 aliphatic rings. The molecule has 0 spiro atoms. The average Bonchev–Trinajstić information content (AvgIpc) is 2.58. The van der Waals surface area contributed by atoms with Crippen molar-refractivity contribution in [1.82, 2.24) is 0 Å². The van der Waals surface area contributed by atoms with E-state index in [1.165, 1.54) is 19.3 Å². The predicted octanol–water partition coefficient (Wildman–Crippen LogP) is 2.96. The van der Waals surface area contributed by atoms with Crippen molar-refractivity contribution in [3.05, 3.63) is 0 Å². The molecule has 0 bridgehead atoms. The Morgan fingerprint density at radius 3 is 1.71 bits per heavy atom. The van der Waals surface area contributed by atoms with E-state index in [2.05, 4.69) is 27.7 Å². The predicted molar refractivity (Wildman–Crippen MR) is 56.0 cm³/mol. The van der Waals surface area contributed by atoms with E-state index in [0.717, 1.165) is 0 Å². The second kappa shape index (κ2) is 3.49. The molecule has 0 aromatic heterocycles. The van der Waals surface area contributed by atoms with Crippen LogP contribution in [0.2, 0.25) is 0 Å². The summed E-state index contributed by atoms with van der Waals surface area (Å²) in [6.07, 6.45) is 4.39. The number of ether oxygens (including phenoxy) is 2. The first-order valence-electron chi connectivity index (χ1n) is 5.92. The summed E-state index contributed by atoms with van der Waals surface area (Å²) in [5, 5.41) is 0. The van der Waals surface area contributed by atoms with E-state index in [0.29, 0.717) is 24.0 Å². The van der Waals surface area contributed by atoms with Crippen molar-refractivity contribution in [3.63, 3.8) is 0 Å². The highest BCUT2D eigenvalue weighted by molar-refractivity contribution is 4.93. The molecule has 1 heterocycles. The standard InChI is InChI=1S/C12H22O2/c1-8(2)12(9(3)4)13-10-6-5-7-11(10)14-12/h8-11H,5-7H2,1-4H3/t10-,11+. The maximum absolute atomic E-state index is 6.17. The van der Waals surface area contributed by atoms with Crippen LogP contribution in [0.4, 0.5) is 0 Å². The summed E-state index contributed by atoms with van der Waals surface area (Å²) in [4.78, 5) is 0. The zero-order valence-electron chi connectivity index (χ0n) is 9.75. The smallest absolute Gasteiger partial charge is 0.173 e. The van der Waals surface area contributed by atoms with E-state index in [1.807, 2.05) is 0 Å². The highest BCUT2D eigenvalue weighted by atomic mass is 16.8. The van der Waals surface area contributed by atoms with Gasteiger partial charge in [0.15, 0.2) is 5.79 Å². The number of fused-ring (bicyclic) bond motifs is 1. The molecule has 14 heavy (non-hydrogen) atoms. The maximum atomic E-state index is 6.17. The van der Waals surface area contributed by atoms with Crippen molar-refractivity contribution < 1.29 is 9.47 Å². The molecule has 0 unspecified atom stereocenters. The van der Waals surface area contributed by atoms with Crippen LogP contribution in [0.1, 0.15) is 47.0 Å². The molecule has 0 aromatic rings. The van der Waals surface area contributed by atoms with Gasteiger partial charge in [-0.25, -0.2) is 0 Å². The Hall–Kier alpha value is -0.0800. The quantitative estimate of drug-likeness (QED) is 0.679. The van der Waals surface area contributed by atoms with Crippen LogP contribution in [-0.2, 0) is 9.47 Å². The van der Waals surface area contributed by atoms with E-state index < -0.39 is 0 Å². The van der Waals surface area contributed by atoms with Crippen LogP contribution in [0.15, 0.2) is 0 Å². The Morgan fingerprint density at radius 1 is 0.929 bits per heavy atom. The van der Waals surface area contributed by atoms with Crippen LogP contribution in [-0.4, -0.2) is 18.0 Å². The highest BCUT2D eigenvalue weighted by Gasteiger charge is 2.52. The Kier molecular flexibility index (Phi) is 2.61. The number of rotatable bonds is 2. The van der Waals surface area contributed by atoms with Gasteiger partial charge in [0.05, 0.1) is 12.2 Å². The zero-order valence-corrected chi connectivity index (χ0v) is 9.75. The number of hydrogen-bond acceptors (Lipinski definition) is 2. The van der Waals surface area contributed by atoms with E-state index in [-0.39, 0.29) is 5.79 Å². The second-order valence-electron chi connectivity index (χ2n) is 5.27. The highest BCUT2D eigenvalue weighted by Crippen LogP contribution is 2.45. The van der Waals surface area contributed by atoms with Crippen LogP contribution in [0, 0.1) is 11.8 Å². The van der Waals surface area contributed by atoms with Crippen LogP contribution in [0.5, 0.6) is 0 Å². The van der Waals surface area contributed by atoms with Crippen molar-refractivity contribution in [1.29, 1.82) is 0 Å². The monoisotopic (exact) mass is 198 g/mol. The summed E-state index contributed by atoms with van der Waals surface area (Å²) >= 11 is 0. The van der Waals surface area contributed by atoms with Gasteiger partial charge in [-0.15, -0.1) is 0 Å². The molecule has 2 atom stereocenters. The van der Waals surface area contributed by atoms with Crippen molar-refractivity contribution >= 4 is 0 Å². The molecule has 2 nitrogen and oxygen atoms in total. The van der Waals surface area contributed by atoms with Gasteiger partial charge >= 0.3 is 0 Å². The van der Waals surface area contributed by atoms with Crippen molar-refractivity contribution in [2.24, 2.45) is 11.8 Å². The Balaban J connectivity index is 2.16. The average molecular weight is 198 g/mol. The molecule has 1 aliphatic heterocycles. The molecule has 2 fully saturated rings. The van der Waals surface area contributed by atoms with Crippen LogP contribution < -0.4 is 0 Å². The van der Waals surface area contributed by atoms with Gasteiger partial charge in [-0.2, -0.15) is 0 Å². The number of hydrogen-bond donors (Lipinski definition) is 0. The third-order valence-electron chi connectivity index (χ3n) is 3.67. The van der Waals surface area contributed by atoms with Crippen LogP contribution in [0.25, 0.3) is 0 Å². The van der Waals surface area contributed by atoms with Crippen molar-refractivity contribution in [2.75, 3.05) is 0 Å². The van der Waals surface area contributed by atoms with Gasteiger partial charge in [0.25, 0.3) is 0 Å². The third kappa shape index (κ3) is 1.40. The summed E-state index contributed by atoms with van der Waals surface area (Å²) in [6.45, 7) is 8.78. The Labute approximate surface area is 87.0 Å². The van der Waals surface area contributed by atoms with E-state index >= 15 is 0 Å². The van der Waals surface area contributed by atoms with E-state index in [1.54, 1.807) is 0 Å². The lowest BCUT2D eigenvalue weighted by atomic mass is 9.91. The summed E-state index contributed by atoms with van der Waals surface area (Å²) < 4.78 is 12.3. The SMILES string of the molecule is CC(C)C1(C(C)C)O[C@H]2CCC[C@H]2O1. The van der Waals surface area contributed by atoms with Gasteiger partial charge < -0.3 is 9.47 Å². The normalized spacial score (nSPS) is 35.6. The fourth-order valence-electron chi connectivity index (χ4n) is 2.87. The summed E-state index contributed by atoms with van der Waals surface area (Å²) in [5.74, 6) is 0.566. The van der Waals surface area contributed by atoms with Gasteiger partial charge in [0, 0.05) is 11.8 Å². The first-order chi connectivity index (χ1) is 6.56. The van der Waals surface area contributed by atoms with Gasteiger partial charge in [0.1, 0.15) is 0 Å². The van der Waals surface area contributed by atoms with E-state index in [4.69, 9.17) is 9.47 Å². The van der Waals surface area contributed by atoms with Gasteiger partial charge in [-0.05, 0) is 19.3 Å². The van der Waals surface area contributed by atoms with Crippen LogP contribution in [0.3, 0.4) is 0 Å². The molecular weight excluding hydrogens is 176 g/mol. The minimum atomic E-state index is -0.310. The lowest BCUT2D eigenvalue weighted by molar-refractivity contribution is -0.235. The minimum absolute atomic E-state index is 0.310. The molecule has 2 heteroatoms. The molecule has 0 N–H and O–H groups in total. The first kappa shape index (κ1) is 10.4. The molecule has 1 saturated carbocycles. The summed E-state index contributed by atoms with van der Waals surface area (Å²) in [7, 11) is 0. The second-order valence-corrected chi connectivity index (χ2v) is 5.27. The fraction of sp³-hybridized carbons (Fsp3) is 1.00. The van der Waals surface area contributed by atoms with Gasteiger partial charge in [-0.1, -0.05) is 27.7 Å². The molecule has 0 amide bonds. The first-order valence-corrected chi connectivity index (χ1v) is 5.92. The maximum Gasteiger partial charge on any atom is 0.173 e. The van der Waals surface area contributed by atoms with Crippen molar-refractivity contribution in [3.8, 4) is 0 Å². The molecule has 0 radical (unpaired) electrons. The Bertz CT molecular complexity index is 188. The molecule has 1 saturated heterocycles. The van der Waals surface area contributed by atoms with Gasteiger partial charge in [-0.3, -0.25) is 0 Å². The van der Waals surface area contributed by atoms with Crippen LogP contribution >= 0.6 is 0 Å². The molecule has 2 rings (SSSR count). The molecule has 0 aromatic carbocycles. The van der Waals surface area contributed by atoms with E-state index in [9.17, 15) is 0 Å². The Morgan fingerprint density at radius 2 is 1.36 bits per heavy atom.